The summed E-state index contributed by atoms with van der Waals surface area (Å²) in [4.78, 5) is 176. The molecule has 557 valence electrons. The summed E-state index contributed by atoms with van der Waals surface area (Å²) >= 11 is 0. The van der Waals surface area contributed by atoms with Gasteiger partial charge in [0.2, 0.25) is 35.4 Å². The van der Waals surface area contributed by atoms with Crippen molar-refractivity contribution in [1.29, 1.82) is 0 Å². The second-order valence-electron chi connectivity index (χ2n) is 25.1. The molecule has 101 heavy (non-hydrogen) atoms. The maximum absolute atomic E-state index is 15.4. The molecular weight excluding hydrogens is 1400 g/mol. The first-order valence-corrected chi connectivity index (χ1v) is 35.5. The van der Waals surface area contributed by atoms with E-state index in [2.05, 4.69) is 36.9 Å². The molecule has 1 aromatic heterocycles. The van der Waals surface area contributed by atoms with Crippen molar-refractivity contribution in [2.24, 2.45) is 17.6 Å². The van der Waals surface area contributed by atoms with Gasteiger partial charge in [-0.05, 0) is 81.0 Å². The number of aliphatic hydroxyl groups is 2. The van der Waals surface area contributed by atoms with Crippen LogP contribution in [0, 0.1) is 11.8 Å². The zero-order valence-corrected chi connectivity index (χ0v) is 58.7. The Kier molecular flexibility index (Phi) is 35.1. The van der Waals surface area contributed by atoms with Gasteiger partial charge < -0.3 is 78.4 Å². The molecule has 34 heteroatoms. The normalized spacial score (nSPS) is 21.8. The molecule has 6 amide bonds. The minimum absolute atomic E-state index is 0. The smallest absolute Gasteiger partial charge is 0.328 e. The predicted molar refractivity (Wildman–Crippen MR) is 369 cm³/mol. The summed E-state index contributed by atoms with van der Waals surface area (Å²) in [5, 5.41) is 87.7. The number of aliphatic carboxylic acids is 4. The molecule has 0 aliphatic carbocycles. The Labute approximate surface area is 602 Å². The molecule has 3 aromatic carbocycles. The standard InChI is InChI=1S/C67H92N12O19S2.Cu/c1-40(80)60-55(84)32-46(63(93)75-61(41(2)81)67(97)98)39-100-99-38-45(31-54(83)51(28-42-10-4-3-5-11-42)70-56(85)34-76-20-22-77(35-57(86)87)24-26-79(37-59(90)91)27-25-78(23-21-76)36-58(88)89)62(92)72-52(29-43-15-17-47(82)18-16-43)65(95)73-53(30-44-33-69-49-13-7-6-12-48(44)49)66(96)71-50(64(94)74-60)14-8-9-19-68;/h3-7,10-13,15-18,33,40-41,45-46,50-53,60-61,69,80-82H,8-9,14,19-32,34-39,68H2,1-2H3,(H,70,85)(H,71,96)(H,72,92)(H,73,95)(H,74,94)(H,75,93)(H,86,87)(H,88,89)(H,90,91)(H,97,98);/t40-,41-,45?,46?,50+,51?,52+,53?,60?,61?;/m1./s1/i;1+0. The molecule has 0 spiro atoms. The van der Waals surface area contributed by atoms with E-state index in [1.54, 1.807) is 80.4 Å². The number of carboxylic acid groups (broad SMARTS) is 4. The first kappa shape index (κ1) is 83.6. The number of amides is 6. The van der Waals surface area contributed by atoms with Gasteiger partial charge in [-0.25, -0.2) is 4.79 Å². The van der Waals surface area contributed by atoms with Crippen LogP contribution in [-0.2, 0) is 93.9 Å². The monoisotopic (exact) mass is 1500 g/mol. The van der Waals surface area contributed by atoms with Crippen molar-refractivity contribution >= 4 is 103 Å². The zero-order chi connectivity index (χ0) is 73.0. The molecule has 0 saturated carbocycles. The quantitative estimate of drug-likeness (QED) is 0.0189. The number of aliphatic hydroxyl groups excluding tert-OH is 2. The molecule has 31 nitrogen and oxygen atoms in total. The van der Waals surface area contributed by atoms with Crippen molar-refractivity contribution in [2.45, 2.75) is 114 Å². The van der Waals surface area contributed by atoms with Crippen molar-refractivity contribution < 1.29 is 110 Å². The topological polar surface area (TPSA) is 473 Å². The van der Waals surface area contributed by atoms with E-state index < -0.39 is 164 Å². The number of hydrogen-bond acceptors (Lipinski definition) is 22. The number of rotatable bonds is 27. The summed E-state index contributed by atoms with van der Waals surface area (Å²) in [7, 11) is 1.86. The van der Waals surface area contributed by atoms with Gasteiger partial charge in [0.1, 0.15) is 29.9 Å². The Hall–Kier alpha value is -8.02. The minimum Gasteiger partial charge on any atom is -0.508 e. The first-order chi connectivity index (χ1) is 47.7. The molecule has 3 heterocycles. The number of Topliss-reactive ketones (excluding diaryl/α,β-unsaturated/α-hetero) is 2. The third kappa shape index (κ3) is 28.4. The van der Waals surface area contributed by atoms with E-state index in [1.165, 1.54) is 31.2 Å². The number of hydrogen-bond donors (Lipinski definition) is 15. The number of H-pyrrole nitrogens is 1. The minimum atomic E-state index is -1.86. The average molecular weight is 1500 g/mol. The fourth-order valence-electron chi connectivity index (χ4n) is 11.6. The maximum Gasteiger partial charge on any atom is 0.328 e. The van der Waals surface area contributed by atoms with Gasteiger partial charge in [-0.3, -0.25) is 72.3 Å². The van der Waals surface area contributed by atoms with Crippen LogP contribution in [0.15, 0.2) is 85.1 Å². The van der Waals surface area contributed by atoms with Crippen LogP contribution >= 0.6 is 21.6 Å². The Morgan fingerprint density at radius 1 is 0.604 bits per heavy atom. The van der Waals surface area contributed by atoms with E-state index >= 15 is 14.4 Å². The molecule has 1 radical (unpaired) electrons. The Balaban J connectivity index is 0.0000184. The van der Waals surface area contributed by atoms with Crippen molar-refractivity contribution in [1.82, 2.24) is 56.5 Å². The number of aromatic amines is 1. The number of ketones is 2. The SMILES string of the molecule is C[C@@H](O)C(NC(=O)C1CSSCC(CC(=O)C(Cc2ccccc2)NC(=O)CN2CCN(CC(=O)O)CCN(CC(=O)O)CCN(CC(=O)O)CC2)C(=O)N[C@@H](Cc2ccc(O)cc2)C(=O)NC(Cc2c[nH]c3ccccc23)C(=O)N[C@@H](CCCCN)C(=O)NC([C@@H](C)O)C(=O)C1)C(=O)O.[64Cu]. The van der Waals surface area contributed by atoms with Gasteiger partial charge >= 0.3 is 23.9 Å². The summed E-state index contributed by atoms with van der Waals surface area (Å²) in [5.41, 5.74) is 8.08. The van der Waals surface area contributed by atoms with Crippen molar-refractivity contribution in [3.8, 4) is 5.75 Å². The van der Waals surface area contributed by atoms with E-state index in [1.807, 2.05) is 0 Å². The summed E-state index contributed by atoms with van der Waals surface area (Å²) in [5.74, 6) is -15.6. The van der Waals surface area contributed by atoms with Crippen molar-refractivity contribution in [3.63, 3.8) is 0 Å². The van der Waals surface area contributed by atoms with Gasteiger partial charge in [-0.1, -0.05) is 82.3 Å². The van der Waals surface area contributed by atoms with Gasteiger partial charge in [-0.15, -0.1) is 0 Å². The number of phenols is 1. The molecule has 2 saturated heterocycles. The largest absolute Gasteiger partial charge is 0.508 e. The van der Waals surface area contributed by atoms with Crippen molar-refractivity contribution in [3.05, 3.63) is 102 Å². The van der Waals surface area contributed by atoms with E-state index in [9.17, 15) is 78.9 Å². The second-order valence-corrected chi connectivity index (χ2v) is 27.6. The number of para-hydroxylation sites is 1. The zero-order valence-electron chi connectivity index (χ0n) is 56.1. The van der Waals surface area contributed by atoms with Gasteiger partial charge in [0.25, 0.3) is 0 Å². The van der Waals surface area contributed by atoms with Crippen LogP contribution in [0.3, 0.4) is 0 Å². The Bertz CT molecular complexity index is 3420. The number of carbonyl (C=O) groups is 12. The van der Waals surface area contributed by atoms with E-state index in [-0.39, 0.29) is 132 Å². The summed E-state index contributed by atoms with van der Waals surface area (Å²) < 4.78 is 0. The number of aromatic hydroxyl groups is 1. The first-order valence-electron chi connectivity index (χ1n) is 33.0. The number of nitrogens with zero attached hydrogens (tertiary/aromatic N) is 4. The Morgan fingerprint density at radius 2 is 1.12 bits per heavy atom. The van der Waals surface area contributed by atoms with E-state index in [0.717, 1.165) is 28.5 Å². The summed E-state index contributed by atoms with van der Waals surface area (Å²) in [6.07, 6.45) is -2.98. The number of unbranched alkanes of at least 4 members (excludes halogenated alkanes) is 1. The number of nitrogens with two attached hydrogens (primary N) is 1. The predicted octanol–water partition coefficient (Wildman–Crippen LogP) is -1.20. The molecule has 2 aliphatic rings. The number of aromatic nitrogens is 1. The number of phenolic OH excluding ortho intramolecular Hbond substituents is 1. The van der Waals surface area contributed by atoms with Gasteiger partial charge in [0, 0.05) is 124 Å². The number of benzene rings is 3. The molecule has 4 aromatic rings. The van der Waals surface area contributed by atoms with Gasteiger partial charge in [0.05, 0.1) is 56.3 Å². The van der Waals surface area contributed by atoms with E-state index in [4.69, 9.17) is 5.73 Å². The van der Waals surface area contributed by atoms with Crippen LogP contribution in [-0.4, -0.2) is 276 Å². The molecule has 0 bridgehead atoms. The van der Waals surface area contributed by atoms with Gasteiger partial charge in [0.15, 0.2) is 17.6 Å². The third-order valence-electron chi connectivity index (χ3n) is 17.1. The molecule has 6 rings (SSSR count). The average Bonchev–Trinajstić information content (AvgIpc) is 1.75. The number of fused-ring (bicyclic) bond motifs is 1. The maximum atomic E-state index is 15.4. The Morgan fingerprint density at radius 3 is 1.66 bits per heavy atom. The third-order valence-corrected chi connectivity index (χ3v) is 19.7. The molecule has 10 atom stereocenters. The van der Waals surface area contributed by atoms with E-state index in [0.29, 0.717) is 34.0 Å². The molecular formula is C67H92CuN12O19S2. The molecule has 2 fully saturated rings. The number of carboxylic acids is 4. The van der Waals surface area contributed by atoms with Crippen LogP contribution in [0.5, 0.6) is 5.75 Å². The second kappa shape index (κ2) is 42.4. The summed E-state index contributed by atoms with van der Waals surface area (Å²) in [6, 6.07) is 12.0. The molecule has 2 aliphatic heterocycles. The van der Waals surface area contributed by atoms with Crippen LogP contribution < -0.4 is 37.6 Å². The van der Waals surface area contributed by atoms with Crippen LogP contribution in [0.2, 0.25) is 0 Å². The fourth-order valence-corrected chi connectivity index (χ4v) is 14.2. The van der Waals surface area contributed by atoms with Crippen LogP contribution in [0.4, 0.5) is 0 Å². The fraction of sp³-hybridized carbons (Fsp3) is 0.522. The van der Waals surface area contributed by atoms with Gasteiger partial charge in [-0.2, -0.15) is 0 Å². The molecule has 6 unspecified atom stereocenters. The van der Waals surface area contributed by atoms with Crippen LogP contribution in [0.25, 0.3) is 10.9 Å². The molecule has 16 N–H and O–H groups in total. The number of nitrogens with one attached hydrogen (secondary N) is 7. The van der Waals surface area contributed by atoms with Crippen molar-refractivity contribution in [2.75, 3.05) is 96.6 Å². The summed E-state index contributed by atoms with van der Waals surface area (Å²) in [6.45, 7) is 1.65. The van der Waals surface area contributed by atoms with Crippen LogP contribution in [0.1, 0.15) is 62.6 Å². The number of carbonyl (C=O) groups excluding carboxylic acids is 8.